The van der Waals surface area contributed by atoms with E-state index in [4.69, 9.17) is 5.11 Å². The fourth-order valence-corrected chi connectivity index (χ4v) is 1.95. The monoisotopic (exact) mass is 241 g/mol. The molecule has 4 nitrogen and oxygen atoms in total. The minimum Gasteiger partial charge on any atom is -0.480 e. The highest BCUT2D eigenvalue weighted by molar-refractivity contribution is 5.83. The van der Waals surface area contributed by atoms with E-state index in [-0.39, 0.29) is 11.8 Å². The lowest BCUT2D eigenvalue weighted by Gasteiger charge is -2.13. The Morgan fingerprint density at radius 2 is 1.88 bits per heavy atom. The molecule has 98 valence electrons. The molecule has 0 bridgehead atoms. The second-order valence-corrected chi connectivity index (χ2v) is 4.89. The first-order valence-corrected chi connectivity index (χ1v) is 6.67. The number of carbonyl (C=O) groups is 2. The first kappa shape index (κ1) is 14.0. The number of carboxylic acids is 1. The highest BCUT2D eigenvalue weighted by Gasteiger charge is 2.36. The van der Waals surface area contributed by atoms with Crippen molar-refractivity contribution in [3.05, 3.63) is 0 Å². The highest BCUT2D eigenvalue weighted by atomic mass is 16.4. The third-order valence-electron chi connectivity index (χ3n) is 3.18. The third kappa shape index (κ3) is 5.71. The summed E-state index contributed by atoms with van der Waals surface area (Å²) in [5, 5.41) is 11.6. The van der Waals surface area contributed by atoms with Crippen LogP contribution in [0.1, 0.15) is 58.3 Å². The van der Waals surface area contributed by atoms with Gasteiger partial charge < -0.3 is 10.4 Å². The van der Waals surface area contributed by atoms with Crippen LogP contribution in [0.4, 0.5) is 0 Å². The number of rotatable bonds is 9. The summed E-state index contributed by atoms with van der Waals surface area (Å²) in [6.07, 6.45) is 7.79. The first-order valence-electron chi connectivity index (χ1n) is 6.67. The van der Waals surface area contributed by atoms with Crippen LogP contribution in [0.2, 0.25) is 0 Å². The van der Waals surface area contributed by atoms with E-state index in [1.807, 2.05) is 0 Å². The molecule has 0 heterocycles. The van der Waals surface area contributed by atoms with Gasteiger partial charge in [-0.2, -0.15) is 0 Å². The lowest BCUT2D eigenvalue weighted by atomic mass is 10.1. The Labute approximate surface area is 103 Å². The van der Waals surface area contributed by atoms with Crippen LogP contribution < -0.4 is 5.32 Å². The van der Waals surface area contributed by atoms with Crippen LogP contribution in [0, 0.1) is 5.92 Å². The van der Waals surface area contributed by atoms with Gasteiger partial charge >= 0.3 is 5.97 Å². The number of hydrogen-bond donors (Lipinski definition) is 2. The summed E-state index contributed by atoms with van der Waals surface area (Å²) >= 11 is 0. The van der Waals surface area contributed by atoms with E-state index < -0.39 is 12.0 Å². The summed E-state index contributed by atoms with van der Waals surface area (Å²) in [4.78, 5) is 22.5. The van der Waals surface area contributed by atoms with Crippen LogP contribution in [-0.2, 0) is 9.59 Å². The van der Waals surface area contributed by atoms with Gasteiger partial charge in [0.25, 0.3) is 0 Å². The second-order valence-electron chi connectivity index (χ2n) is 4.89. The van der Waals surface area contributed by atoms with Crippen LogP contribution >= 0.6 is 0 Å². The summed E-state index contributed by atoms with van der Waals surface area (Å²) in [5.41, 5.74) is 0. The summed E-state index contributed by atoms with van der Waals surface area (Å²) in [5.74, 6) is -0.843. The Balaban J connectivity index is 2.12. The molecule has 17 heavy (non-hydrogen) atoms. The average Bonchev–Trinajstić information content (AvgIpc) is 3.09. The normalized spacial score (nSPS) is 16.5. The molecule has 4 heteroatoms. The summed E-state index contributed by atoms with van der Waals surface area (Å²) in [7, 11) is 0. The first-order chi connectivity index (χ1) is 8.15. The van der Waals surface area contributed by atoms with E-state index in [2.05, 4.69) is 12.2 Å². The topological polar surface area (TPSA) is 66.4 Å². The summed E-state index contributed by atoms with van der Waals surface area (Å²) < 4.78 is 0. The predicted molar refractivity (Wildman–Crippen MR) is 65.7 cm³/mol. The molecule has 0 spiro atoms. The molecule has 1 rings (SSSR count). The number of unbranched alkanes of at least 4 members (excludes halogenated alkanes) is 4. The number of amides is 1. The lowest BCUT2D eigenvalue weighted by molar-refractivity contribution is -0.142. The number of hydrogen-bond acceptors (Lipinski definition) is 2. The van der Waals surface area contributed by atoms with Gasteiger partial charge in [-0.05, 0) is 25.2 Å². The molecule has 0 aromatic carbocycles. The maximum atomic E-state index is 11.5. The highest BCUT2D eigenvalue weighted by Crippen LogP contribution is 2.32. The van der Waals surface area contributed by atoms with E-state index >= 15 is 0 Å². The van der Waals surface area contributed by atoms with E-state index in [9.17, 15) is 9.59 Å². The van der Waals surface area contributed by atoms with Crippen LogP contribution in [0.15, 0.2) is 0 Å². The SMILES string of the molecule is CCCCCCCC(=O)NC(C(=O)O)C1CC1. The van der Waals surface area contributed by atoms with Crippen molar-refractivity contribution < 1.29 is 14.7 Å². The van der Waals surface area contributed by atoms with Crippen molar-refractivity contribution in [3.63, 3.8) is 0 Å². The maximum absolute atomic E-state index is 11.5. The number of carboxylic acid groups (broad SMARTS) is 1. The van der Waals surface area contributed by atoms with E-state index in [1.54, 1.807) is 0 Å². The zero-order chi connectivity index (χ0) is 12.7. The van der Waals surface area contributed by atoms with Crippen molar-refractivity contribution in [1.82, 2.24) is 5.32 Å². The quantitative estimate of drug-likeness (QED) is 0.609. The fourth-order valence-electron chi connectivity index (χ4n) is 1.95. The van der Waals surface area contributed by atoms with Crippen molar-refractivity contribution in [2.45, 2.75) is 64.3 Å². The molecule has 1 fully saturated rings. The van der Waals surface area contributed by atoms with Crippen LogP contribution in [0.3, 0.4) is 0 Å². The molecule has 0 aliphatic heterocycles. The van der Waals surface area contributed by atoms with Gasteiger partial charge in [0, 0.05) is 6.42 Å². The van der Waals surface area contributed by atoms with Crippen LogP contribution in [0.5, 0.6) is 0 Å². The molecule has 1 aliphatic carbocycles. The van der Waals surface area contributed by atoms with Crippen LogP contribution in [0.25, 0.3) is 0 Å². The number of carbonyl (C=O) groups excluding carboxylic acids is 1. The molecular formula is C13H23NO3. The maximum Gasteiger partial charge on any atom is 0.326 e. The van der Waals surface area contributed by atoms with Crippen molar-refractivity contribution in [3.8, 4) is 0 Å². The zero-order valence-corrected chi connectivity index (χ0v) is 10.6. The third-order valence-corrected chi connectivity index (χ3v) is 3.18. The van der Waals surface area contributed by atoms with Gasteiger partial charge in [-0.1, -0.05) is 32.6 Å². The summed E-state index contributed by atoms with van der Waals surface area (Å²) in [6.45, 7) is 2.15. The molecule has 1 amide bonds. The van der Waals surface area contributed by atoms with E-state index in [1.165, 1.54) is 12.8 Å². The number of aliphatic carboxylic acids is 1. The minimum absolute atomic E-state index is 0.110. The Kier molecular flexibility index (Phi) is 6.01. The Morgan fingerprint density at radius 1 is 1.24 bits per heavy atom. The Morgan fingerprint density at radius 3 is 2.41 bits per heavy atom. The smallest absolute Gasteiger partial charge is 0.326 e. The Bertz CT molecular complexity index is 261. The summed E-state index contributed by atoms with van der Waals surface area (Å²) in [6, 6.07) is -0.654. The van der Waals surface area contributed by atoms with Gasteiger partial charge in [-0.3, -0.25) is 4.79 Å². The molecule has 1 unspecified atom stereocenters. The van der Waals surface area contributed by atoms with Gasteiger partial charge in [-0.25, -0.2) is 4.79 Å². The molecule has 0 aromatic rings. The zero-order valence-electron chi connectivity index (χ0n) is 10.6. The molecular weight excluding hydrogens is 218 g/mol. The van der Waals surface area contributed by atoms with Crippen molar-refractivity contribution in [2.24, 2.45) is 5.92 Å². The minimum atomic E-state index is -0.896. The van der Waals surface area contributed by atoms with Crippen molar-refractivity contribution >= 4 is 11.9 Å². The average molecular weight is 241 g/mol. The van der Waals surface area contributed by atoms with Gasteiger partial charge in [-0.15, -0.1) is 0 Å². The molecule has 1 atom stereocenters. The van der Waals surface area contributed by atoms with Crippen molar-refractivity contribution in [1.29, 1.82) is 0 Å². The van der Waals surface area contributed by atoms with E-state index in [0.29, 0.717) is 6.42 Å². The predicted octanol–water partition coefficient (Wildman–Crippen LogP) is 2.33. The Hall–Kier alpha value is -1.06. The van der Waals surface area contributed by atoms with Gasteiger partial charge in [0.2, 0.25) is 5.91 Å². The van der Waals surface area contributed by atoms with Crippen LogP contribution in [-0.4, -0.2) is 23.0 Å². The fraction of sp³-hybridized carbons (Fsp3) is 0.846. The largest absolute Gasteiger partial charge is 0.480 e. The van der Waals surface area contributed by atoms with Gasteiger partial charge in [0.15, 0.2) is 0 Å². The molecule has 0 aromatic heterocycles. The molecule has 2 N–H and O–H groups in total. The molecule has 1 saturated carbocycles. The second kappa shape index (κ2) is 7.30. The lowest BCUT2D eigenvalue weighted by Crippen LogP contribution is -2.42. The van der Waals surface area contributed by atoms with Crippen molar-refractivity contribution in [2.75, 3.05) is 0 Å². The van der Waals surface area contributed by atoms with Gasteiger partial charge in [0.1, 0.15) is 6.04 Å². The molecule has 0 radical (unpaired) electrons. The molecule has 1 aliphatic rings. The standard InChI is InChI=1S/C13H23NO3/c1-2-3-4-5-6-7-11(15)14-12(13(16)17)10-8-9-10/h10,12H,2-9H2,1H3,(H,14,15)(H,16,17). The molecule has 0 saturated heterocycles. The van der Waals surface area contributed by atoms with E-state index in [0.717, 1.165) is 32.1 Å². The number of nitrogens with one attached hydrogen (secondary N) is 1. The van der Waals surface area contributed by atoms with Gasteiger partial charge in [0.05, 0.1) is 0 Å².